The summed E-state index contributed by atoms with van der Waals surface area (Å²) < 4.78 is 3.06. The van der Waals surface area contributed by atoms with Gasteiger partial charge in [-0.05, 0) is 36.4 Å². The first-order chi connectivity index (χ1) is 15.8. The van der Waals surface area contributed by atoms with E-state index in [-0.39, 0.29) is 5.56 Å². The Kier molecular flexibility index (Phi) is 4.07. The summed E-state index contributed by atoms with van der Waals surface area (Å²) in [5.74, 6) is 0. The monoisotopic (exact) mass is 417 g/mol. The highest BCUT2D eigenvalue weighted by Crippen LogP contribution is 2.25. The first-order valence-electron chi connectivity index (χ1n) is 9.99. The number of pyridine rings is 1. The number of fused-ring (bicyclic) bond motifs is 4. The van der Waals surface area contributed by atoms with Crippen LogP contribution in [0.25, 0.3) is 38.9 Å². The molecule has 0 amide bonds. The highest BCUT2D eigenvalue weighted by atomic mass is 16.1. The first kappa shape index (κ1) is 18.1. The number of hydrogen-bond acceptors (Lipinski definition) is 6. The summed E-state index contributed by atoms with van der Waals surface area (Å²) in [7, 11) is 0. The molecule has 6 rings (SSSR count). The molecule has 0 saturated heterocycles. The Morgan fingerprint density at radius 1 is 0.781 bits per heavy atom. The van der Waals surface area contributed by atoms with Gasteiger partial charge in [-0.15, -0.1) is 0 Å². The van der Waals surface area contributed by atoms with Crippen molar-refractivity contribution in [3.63, 3.8) is 0 Å². The second-order valence-electron chi connectivity index (χ2n) is 7.15. The fourth-order valence-corrected chi connectivity index (χ4v) is 3.67. The summed E-state index contributed by atoms with van der Waals surface area (Å²) in [6.07, 6.45) is 4.81. The van der Waals surface area contributed by atoms with Crippen molar-refractivity contribution in [3.8, 4) is 5.69 Å². The van der Waals surface area contributed by atoms with Crippen LogP contribution in [0, 0.1) is 0 Å². The third-order valence-electron chi connectivity index (χ3n) is 5.17. The molecule has 4 heterocycles. The van der Waals surface area contributed by atoms with Crippen molar-refractivity contribution in [1.29, 1.82) is 0 Å². The van der Waals surface area contributed by atoms with Crippen LogP contribution in [0.1, 0.15) is 5.69 Å². The summed E-state index contributed by atoms with van der Waals surface area (Å²) in [5.41, 5.74) is 3.87. The Bertz CT molecular complexity index is 1690. The average molecular weight is 417 g/mol. The van der Waals surface area contributed by atoms with Gasteiger partial charge < -0.3 is 0 Å². The van der Waals surface area contributed by atoms with Crippen LogP contribution in [-0.2, 0) is 0 Å². The number of aromatic nitrogens is 6. The second kappa shape index (κ2) is 7.21. The molecule has 0 fully saturated rings. The van der Waals surface area contributed by atoms with Crippen LogP contribution in [-0.4, -0.2) is 35.4 Å². The molecule has 32 heavy (non-hydrogen) atoms. The van der Waals surface area contributed by atoms with E-state index in [1.165, 1.54) is 10.9 Å². The van der Waals surface area contributed by atoms with Crippen LogP contribution in [0.15, 0.2) is 95.2 Å². The van der Waals surface area contributed by atoms with Gasteiger partial charge in [0, 0.05) is 6.20 Å². The molecule has 6 aromatic rings. The van der Waals surface area contributed by atoms with Crippen LogP contribution >= 0.6 is 0 Å². The van der Waals surface area contributed by atoms with Gasteiger partial charge in [-0.3, -0.25) is 14.3 Å². The standard InChI is InChI=1S/C24H15N7O/c32-24-20-21-23(29-19-12-5-4-11-18(19)28-21)31(27-14-16-8-6-7-13-25-16)22(20)26-15-30(24)17-9-2-1-3-10-17/h1-15H/b27-14-. The lowest BCUT2D eigenvalue weighted by atomic mass is 10.3. The summed E-state index contributed by atoms with van der Waals surface area (Å²) in [6.45, 7) is 0. The summed E-state index contributed by atoms with van der Waals surface area (Å²) in [5, 5.41) is 4.92. The number of nitrogens with zero attached hydrogens (tertiary/aromatic N) is 7. The van der Waals surface area contributed by atoms with Crippen LogP contribution in [0.2, 0.25) is 0 Å². The van der Waals surface area contributed by atoms with Crippen molar-refractivity contribution < 1.29 is 0 Å². The molecule has 0 aliphatic heterocycles. The molecule has 0 bridgehead atoms. The lowest BCUT2D eigenvalue weighted by Gasteiger charge is -2.04. The van der Waals surface area contributed by atoms with Crippen molar-refractivity contribution in [1.82, 2.24) is 29.2 Å². The third kappa shape index (κ3) is 2.85. The SMILES string of the molecule is O=c1c2c3nc4ccccc4nc3n(/N=C\c3ccccn3)c2ncn1-c1ccccc1. The van der Waals surface area contributed by atoms with E-state index in [4.69, 9.17) is 9.97 Å². The van der Waals surface area contributed by atoms with Crippen LogP contribution in [0.3, 0.4) is 0 Å². The summed E-state index contributed by atoms with van der Waals surface area (Å²) in [6, 6.07) is 22.5. The van der Waals surface area contributed by atoms with Gasteiger partial charge in [0.1, 0.15) is 17.2 Å². The zero-order valence-electron chi connectivity index (χ0n) is 16.7. The molecule has 0 aliphatic rings. The molecule has 152 valence electrons. The predicted molar refractivity (Wildman–Crippen MR) is 123 cm³/mol. The third-order valence-corrected chi connectivity index (χ3v) is 5.17. The summed E-state index contributed by atoms with van der Waals surface area (Å²) >= 11 is 0. The van der Waals surface area contributed by atoms with Gasteiger partial charge in [-0.2, -0.15) is 9.78 Å². The highest BCUT2D eigenvalue weighted by Gasteiger charge is 2.20. The molecule has 0 radical (unpaired) electrons. The first-order valence-corrected chi connectivity index (χ1v) is 9.99. The molecule has 0 aliphatic carbocycles. The molecule has 0 unspecified atom stereocenters. The number of hydrogen-bond donors (Lipinski definition) is 0. The average Bonchev–Trinajstić information content (AvgIpc) is 3.16. The van der Waals surface area contributed by atoms with E-state index in [9.17, 15) is 4.79 Å². The summed E-state index contributed by atoms with van der Waals surface area (Å²) in [4.78, 5) is 31.9. The van der Waals surface area contributed by atoms with Crippen molar-refractivity contribution >= 4 is 39.4 Å². The van der Waals surface area contributed by atoms with E-state index in [2.05, 4.69) is 15.1 Å². The van der Waals surface area contributed by atoms with Gasteiger partial charge in [0.05, 0.1) is 28.6 Å². The topological polar surface area (TPSA) is 90.8 Å². The zero-order chi connectivity index (χ0) is 21.5. The van der Waals surface area contributed by atoms with E-state index in [1.807, 2.05) is 72.8 Å². The van der Waals surface area contributed by atoms with Crippen molar-refractivity contribution in [2.24, 2.45) is 5.10 Å². The molecular formula is C24H15N7O. The Balaban J connectivity index is 1.70. The Hall–Kier alpha value is -4.72. The normalized spacial score (nSPS) is 11.8. The largest absolute Gasteiger partial charge is 0.269 e. The van der Waals surface area contributed by atoms with Gasteiger partial charge in [0.25, 0.3) is 5.56 Å². The molecule has 8 heteroatoms. The molecule has 0 N–H and O–H groups in total. The molecule has 4 aromatic heterocycles. The van der Waals surface area contributed by atoms with E-state index in [0.29, 0.717) is 38.9 Å². The van der Waals surface area contributed by atoms with E-state index < -0.39 is 0 Å². The Morgan fingerprint density at radius 3 is 2.31 bits per heavy atom. The lowest BCUT2D eigenvalue weighted by molar-refractivity contribution is 0.905. The van der Waals surface area contributed by atoms with E-state index >= 15 is 0 Å². The smallest absolute Gasteiger partial charge is 0.268 e. The highest BCUT2D eigenvalue weighted by molar-refractivity contribution is 6.04. The van der Waals surface area contributed by atoms with Crippen LogP contribution in [0.4, 0.5) is 0 Å². The molecule has 8 nitrogen and oxygen atoms in total. The maximum atomic E-state index is 13.5. The maximum Gasteiger partial charge on any atom is 0.269 e. The minimum absolute atomic E-state index is 0.234. The molecule has 2 aromatic carbocycles. The van der Waals surface area contributed by atoms with Gasteiger partial charge >= 0.3 is 0 Å². The number of benzene rings is 2. The molecule has 0 spiro atoms. The fourth-order valence-electron chi connectivity index (χ4n) is 3.67. The minimum Gasteiger partial charge on any atom is -0.268 e. The molecule has 0 atom stereocenters. The maximum absolute atomic E-state index is 13.5. The number of rotatable bonds is 3. The fraction of sp³-hybridized carbons (Fsp3) is 0. The van der Waals surface area contributed by atoms with Gasteiger partial charge in [0.15, 0.2) is 11.3 Å². The lowest BCUT2D eigenvalue weighted by Crippen LogP contribution is -2.18. The Labute approximate surface area is 181 Å². The molecule has 0 saturated carbocycles. The van der Waals surface area contributed by atoms with Crippen LogP contribution in [0.5, 0.6) is 0 Å². The van der Waals surface area contributed by atoms with E-state index in [0.717, 1.165) is 5.69 Å². The molecular weight excluding hydrogens is 402 g/mol. The second-order valence-corrected chi connectivity index (χ2v) is 7.15. The van der Waals surface area contributed by atoms with E-state index in [1.54, 1.807) is 17.1 Å². The quantitative estimate of drug-likeness (QED) is 0.411. The minimum atomic E-state index is -0.234. The number of para-hydroxylation sites is 3. The van der Waals surface area contributed by atoms with Gasteiger partial charge in [-0.1, -0.05) is 36.4 Å². The van der Waals surface area contributed by atoms with Gasteiger partial charge in [0.2, 0.25) is 0 Å². The van der Waals surface area contributed by atoms with Crippen molar-refractivity contribution in [2.45, 2.75) is 0 Å². The van der Waals surface area contributed by atoms with Crippen molar-refractivity contribution in [3.05, 3.63) is 101 Å². The zero-order valence-corrected chi connectivity index (χ0v) is 16.7. The van der Waals surface area contributed by atoms with Gasteiger partial charge in [-0.25, -0.2) is 15.0 Å². The van der Waals surface area contributed by atoms with Crippen LogP contribution < -0.4 is 5.56 Å². The Morgan fingerprint density at radius 2 is 1.53 bits per heavy atom. The predicted octanol–water partition coefficient (Wildman–Crippen LogP) is 3.56. The van der Waals surface area contributed by atoms with Crippen molar-refractivity contribution in [2.75, 3.05) is 0 Å².